The van der Waals surface area contributed by atoms with Crippen LogP contribution < -0.4 is 15.5 Å². The van der Waals surface area contributed by atoms with Gasteiger partial charge in [-0.05, 0) is 60.0 Å². The Balaban J connectivity index is 2.11. The molecule has 0 unspecified atom stereocenters. The van der Waals surface area contributed by atoms with Crippen LogP contribution in [0, 0.1) is 5.92 Å². The average molecular weight is 501 g/mol. The molecule has 0 bridgehead atoms. The van der Waals surface area contributed by atoms with E-state index in [4.69, 9.17) is 4.52 Å². The van der Waals surface area contributed by atoms with Crippen LogP contribution in [0.25, 0.3) is 0 Å². The van der Waals surface area contributed by atoms with Crippen LogP contribution in [0.2, 0.25) is 0 Å². The molecule has 0 radical (unpaired) electrons. The lowest BCUT2D eigenvalue weighted by Gasteiger charge is -2.31. The summed E-state index contributed by atoms with van der Waals surface area (Å²) in [6.07, 6.45) is 0. The molecular weight excluding hydrogens is 471 g/mol. The molecular formula is C25H30BrN2O2P. The highest BCUT2D eigenvalue weighted by molar-refractivity contribution is 9.10. The summed E-state index contributed by atoms with van der Waals surface area (Å²) in [5.41, 5.74) is 2.86. The Morgan fingerprint density at radius 2 is 1.55 bits per heavy atom. The van der Waals surface area contributed by atoms with Crippen LogP contribution in [-0.4, -0.2) is 20.7 Å². The highest BCUT2D eigenvalue weighted by Gasteiger charge is 2.38. The van der Waals surface area contributed by atoms with E-state index in [0.29, 0.717) is 11.9 Å². The molecule has 3 aromatic carbocycles. The number of nitrogens with zero attached hydrogens (tertiary/aromatic N) is 1. The molecule has 0 amide bonds. The highest BCUT2D eigenvalue weighted by Crippen LogP contribution is 2.59. The number of benzene rings is 3. The topological polar surface area (TPSA) is 41.6 Å². The first-order chi connectivity index (χ1) is 14.8. The summed E-state index contributed by atoms with van der Waals surface area (Å²) in [5.74, 6) is -0.261. The maximum Gasteiger partial charge on any atom is 0.258 e. The zero-order valence-corrected chi connectivity index (χ0v) is 20.9. The van der Waals surface area contributed by atoms with E-state index in [1.807, 2.05) is 97.9 Å². The summed E-state index contributed by atoms with van der Waals surface area (Å²) in [4.78, 5) is 2.03. The summed E-state index contributed by atoms with van der Waals surface area (Å²) in [5, 5.41) is 4.20. The van der Waals surface area contributed by atoms with Crippen molar-refractivity contribution in [3.8, 4) is 0 Å². The average Bonchev–Trinajstić information content (AvgIpc) is 2.77. The Bertz CT molecular complexity index is 1010. The van der Waals surface area contributed by atoms with Gasteiger partial charge in [-0.2, -0.15) is 0 Å². The van der Waals surface area contributed by atoms with Crippen molar-refractivity contribution in [3.05, 3.63) is 88.9 Å². The lowest BCUT2D eigenvalue weighted by Crippen LogP contribution is -2.22. The number of anilines is 2. The van der Waals surface area contributed by atoms with Gasteiger partial charge in [0, 0.05) is 35.2 Å². The molecule has 0 aliphatic carbocycles. The lowest BCUT2D eigenvalue weighted by molar-refractivity contribution is 0.272. The Morgan fingerprint density at radius 1 is 0.935 bits per heavy atom. The zero-order valence-electron chi connectivity index (χ0n) is 18.5. The van der Waals surface area contributed by atoms with Gasteiger partial charge in [-0.1, -0.05) is 60.1 Å². The molecule has 0 aromatic heterocycles. The zero-order chi connectivity index (χ0) is 22.4. The van der Waals surface area contributed by atoms with E-state index < -0.39 is 13.2 Å². The van der Waals surface area contributed by atoms with Gasteiger partial charge in [-0.15, -0.1) is 0 Å². The summed E-state index contributed by atoms with van der Waals surface area (Å²) < 4.78 is 21.9. The van der Waals surface area contributed by atoms with Gasteiger partial charge >= 0.3 is 0 Å². The molecule has 0 spiro atoms. The van der Waals surface area contributed by atoms with Gasteiger partial charge in [0.25, 0.3) is 7.37 Å². The van der Waals surface area contributed by atoms with Crippen LogP contribution in [0.5, 0.6) is 0 Å². The Labute approximate surface area is 194 Å². The van der Waals surface area contributed by atoms with E-state index in [9.17, 15) is 4.57 Å². The van der Waals surface area contributed by atoms with Crippen molar-refractivity contribution in [3.63, 3.8) is 0 Å². The Morgan fingerprint density at radius 3 is 2.10 bits per heavy atom. The molecule has 3 rings (SSSR count). The van der Waals surface area contributed by atoms with Gasteiger partial charge in [-0.3, -0.25) is 4.57 Å². The number of halogens is 1. The minimum atomic E-state index is -3.33. The molecule has 0 saturated carbocycles. The maximum atomic E-state index is 14.7. The summed E-state index contributed by atoms with van der Waals surface area (Å²) in [6, 6.07) is 25.6. The minimum Gasteiger partial charge on any atom is -0.378 e. The van der Waals surface area contributed by atoms with Crippen molar-refractivity contribution in [2.24, 2.45) is 5.92 Å². The third-order valence-corrected chi connectivity index (χ3v) is 8.11. The molecule has 3 aromatic rings. The Hall–Kier alpha value is -2.07. The van der Waals surface area contributed by atoms with Crippen LogP contribution in [0.3, 0.4) is 0 Å². The predicted octanol–water partition coefficient (Wildman–Crippen LogP) is 6.90. The van der Waals surface area contributed by atoms with Crippen LogP contribution in [0.4, 0.5) is 11.4 Å². The first-order valence-electron chi connectivity index (χ1n) is 10.4. The predicted molar refractivity (Wildman–Crippen MR) is 136 cm³/mol. The van der Waals surface area contributed by atoms with Crippen LogP contribution in [0.1, 0.15) is 25.2 Å². The van der Waals surface area contributed by atoms with Crippen LogP contribution in [-0.2, 0) is 9.09 Å². The summed E-state index contributed by atoms with van der Waals surface area (Å²) in [6.45, 7) is 4.55. The van der Waals surface area contributed by atoms with Gasteiger partial charge in [0.05, 0.1) is 6.61 Å². The van der Waals surface area contributed by atoms with E-state index in [-0.39, 0.29) is 5.92 Å². The lowest BCUT2D eigenvalue weighted by atomic mass is 10.2. The maximum absolute atomic E-state index is 14.7. The monoisotopic (exact) mass is 500 g/mol. The molecule has 4 nitrogen and oxygen atoms in total. The highest BCUT2D eigenvalue weighted by atomic mass is 79.9. The third kappa shape index (κ3) is 6.00. The largest absolute Gasteiger partial charge is 0.378 e. The molecule has 0 saturated heterocycles. The van der Waals surface area contributed by atoms with E-state index in [0.717, 1.165) is 21.4 Å². The van der Waals surface area contributed by atoms with E-state index in [1.165, 1.54) is 0 Å². The first kappa shape index (κ1) is 23.6. The van der Waals surface area contributed by atoms with Crippen molar-refractivity contribution < 1.29 is 9.09 Å². The second kappa shape index (κ2) is 10.5. The molecule has 0 aliphatic rings. The molecule has 31 heavy (non-hydrogen) atoms. The number of hydrogen-bond acceptors (Lipinski definition) is 4. The molecule has 2 atom stereocenters. The van der Waals surface area contributed by atoms with Gasteiger partial charge in [0.1, 0.15) is 5.78 Å². The second-order valence-corrected chi connectivity index (χ2v) is 11.6. The molecule has 1 N–H and O–H groups in total. The number of para-hydroxylation sites is 1. The van der Waals surface area contributed by atoms with Crippen LogP contribution >= 0.6 is 23.3 Å². The third-order valence-electron chi connectivity index (χ3n) is 4.93. The fraction of sp³-hybridized carbons (Fsp3) is 0.280. The number of nitrogens with one attached hydrogen (secondary N) is 1. The SMILES string of the molecule is CC(C)CO[P@@](=O)(c1ccc(N(C)C)cc1)[C@@H](Nc1ccccc1)c1ccc(Br)cc1. The quantitative estimate of drug-likeness (QED) is 0.324. The van der Waals surface area contributed by atoms with Crippen molar-refractivity contribution in [1.82, 2.24) is 0 Å². The first-order valence-corrected chi connectivity index (χ1v) is 12.9. The van der Waals surface area contributed by atoms with E-state index >= 15 is 0 Å². The van der Waals surface area contributed by atoms with Gasteiger partial charge in [-0.25, -0.2) is 0 Å². The van der Waals surface area contributed by atoms with Gasteiger partial charge in [0.15, 0.2) is 0 Å². The summed E-state index contributed by atoms with van der Waals surface area (Å²) >= 11 is 3.50. The van der Waals surface area contributed by atoms with Crippen molar-refractivity contribution in [1.29, 1.82) is 0 Å². The van der Waals surface area contributed by atoms with E-state index in [2.05, 4.69) is 35.1 Å². The fourth-order valence-electron chi connectivity index (χ4n) is 3.22. The number of rotatable bonds is 9. The van der Waals surface area contributed by atoms with Crippen molar-refractivity contribution >= 4 is 40.0 Å². The second-order valence-electron chi connectivity index (χ2n) is 8.16. The minimum absolute atomic E-state index is 0.261. The van der Waals surface area contributed by atoms with Gasteiger partial charge in [0.2, 0.25) is 0 Å². The molecule has 164 valence electrons. The Kier molecular flexibility index (Phi) is 7.99. The molecule has 0 heterocycles. The standard InChI is InChI=1S/C25H30BrN2O2P/c1-19(2)18-30-31(29,24-16-14-23(15-17-24)28(3)4)25(20-10-12-21(26)13-11-20)27-22-8-6-5-7-9-22/h5-17,19,25,27H,18H2,1-4H3/t25-,31+/m1/s1. The van der Waals surface area contributed by atoms with E-state index in [1.54, 1.807) is 0 Å². The van der Waals surface area contributed by atoms with Crippen molar-refractivity contribution in [2.75, 3.05) is 30.9 Å². The number of hydrogen-bond donors (Lipinski definition) is 1. The summed E-state index contributed by atoms with van der Waals surface area (Å²) in [7, 11) is 0.650. The molecule has 0 aliphatic heterocycles. The molecule has 0 fully saturated rings. The fourth-order valence-corrected chi connectivity index (χ4v) is 6.05. The molecule has 6 heteroatoms. The van der Waals surface area contributed by atoms with Gasteiger partial charge < -0.3 is 14.7 Å². The van der Waals surface area contributed by atoms with Crippen LogP contribution in [0.15, 0.2) is 83.3 Å². The smallest absolute Gasteiger partial charge is 0.258 e. The normalized spacial score (nSPS) is 14.1. The van der Waals surface area contributed by atoms with Crippen molar-refractivity contribution in [2.45, 2.75) is 19.6 Å².